The first-order valence-corrected chi connectivity index (χ1v) is 8.07. The fourth-order valence-electron chi connectivity index (χ4n) is 2.09. The van der Waals surface area contributed by atoms with Gasteiger partial charge in [-0.2, -0.15) is 0 Å². The van der Waals surface area contributed by atoms with Crippen LogP contribution >= 0.6 is 11.6 Å². The molecule has 0 atom stereocenters. The van der Waals surface area contributed by atoms with Crippen LogP contribution < -0.4 is 10.1 Å². The van der Waals surface area contributed by atoms with Gasteiger partial charge in [-0.3, -0.25) is 4.79 Å². The second-order valence-corrected chi connectivity index (χ2v) is 6.54. The highest BCUT2D eigenvalue weighted by atomic mass is 35.5. The summed E-state index contributed by atoms with van der Waals surface area (Å²) in [6, 6.07) is 14.9. The lowest BCUT2D eigenvalue weighted by Gasteiger charge is -2.23. The minimum Gasteiger partial charge on any atom is -0.484 e. The molecule has 23 heavy (non-hydrogen) atoms. The fourth-order valence-corrected chi connectivity index (χ4v) is 2.21. The average Bonchev–Trinajstić information content (AvgIpc) is 2.55. The van der Waals surface area contributed by atoms with E-state index < -0.39 is 0 Å². The van der Waals surface area contributed by atoms with E-state index in [0.717, 1.165) is 6.42 Å². The first-order chi connectivity index (χ1) is 10.9. The largest absolute Gasteiger partial charge is 0.484 e. The SMILES string of the molecule is CCC(C)(C)c1ccc(OCC(=O)Nc2ccc(Cl)cc2)cc1. The van der Waals surface area contributed by atoms with Gasteiger partial charge in [0.25, 0.3) is 5.91 Å². The maximum atomic E-state index is 11.9. The maximum absolute atomic E-state index is 11.9. The number of ether oxygens (including phenoxy) is 1. The van der Waals surface area contributed by atoms with Crippen LogP contribution in [0.3, 0.4) is 0 Å². The minimum absolute atomic E-state index is 0.0286. The van der Waals surface area contributed by atoms with Gasteiger partial charge in [-0.15, -0.1) is 0 Å². The first kappa shape index (κ1) is 17.4. The molecule has 1 N–H and O–H groups in total. The molecule has 0 heterocycles. The van der Waals surface area contributed by atoms with Crippen molar-refractivity contribution in [1.82, 2.24) is 0 Å². The summed E-state index contributed by atoms with van der Waals surface area (Å²) in [7, 11) is 0. The number of nitrogens with one attached hydrogen (secondary N) is 1. The van der Waals surface area contributed by atoms with Crippen LogP contribution in [-0.4, -0.2) is 12.5 Å². The lowest BCUT2D eigenvalue weighted by atomic mass is 9.82. The Labute approximate surface area is 142 Å². The van der Waals surface area contributed by atoms with E-state index in [4.69, 9.17) is 16.3 Å². The second-order valence-electron chi connectivity index (χ2n) is 6.11. The molecule has 0 spiro atoms. The molecule has 0 aromatic heterocycles. The molecule has 0 aliphatic heterocycles. The normalized spacial score (nSPS) is 11.1. The molecule has 4 heteroatoms. The van der Waals surface area contributed by atoms with Gasteiger partial charge < -0.3 is 10.1 Å². The Kier molecular flexibility index (Phi) is 5.67. The molecule has 0 aliphatic rings. The monoisotopic (exact) mass is 331 g/mol. The van der Waals surface area contributed by atoms with Gasteiger partial charge in [0.1, 0.15) is 5.75 Å². The van der Waals surface area contributed by atoms with Crippen LogP contribution in [0.5, 0.6) is 5.75 Å². The van der Waals surface area contributed by atoms with Gasteiger partial charge in [0.15, 0.2) is 6.61 Å². The van der Waals surface area contributed by atoms with E-state index >= 15 is 0 Å². The van der Waals surface area contributed by atoms with Crippen molar-refractivity contribution in [3.05, 3.63) is 59.1 Å². The number of halogens is 1. The number of anilines is 1. The molecular formula is C19H22ClNO2. The molecule has 0 aliphatic carbocycles. The zero-order valence-electron chi connectivity index (χ0n) is 13.7. The van der Waals surface area contributed by atoms with Gasteiger partial charge in [-0.1, -0.05) is 44.5 Å². The van der Waals surface area contributed by atoms with Gasteiger partial charge in [0.05, 0.1) is 0 Å². The molecule has 2 aromatic carbocycles. The topological polar surface area (TPSA) is 38.3 Å². The Balaban J connectivity index is 1.88. The van der Waals surface area contributed by atoms with Crippen molar-refractivity contribution in [1.29, 1.82) is 0 Å². The van der Waals surface area contributed by atoms with Crippen LogP contribution in [0, 0.1) is 0 Å². The van der Waals surface area contributed by atoms with Gasteiger partial charge in [-0.05, 0) is 53.8 Å². The van der Waals surface area contributed by atoms with Crippen molar-refractivity contribution in [2.45, 2.75) is 32.6 Å². The van der Waals surface area contributed by atoms with Gasteiger partial charge in [0, 0.05) is 10.7 Å². The van der Waals surface area contributed by atoms with Crippen molar-refractivity contribution in [3.8, 4) is 5.75 Å². The van der Waals surface area contributed by atoms with Crippen molar-refractivity contribution >= 4 is 23.2 Å². The third-order valence-electron chi connectivity index (χ3n) is 4.02. The number of carbonyl (C=O) groups excluding carboxylic acids is 1. The standard InChI is InChI=1S/C19H22ClNO2/c1-4-19(2,3)14-5-11-17(12-6-14)23-13-18(22)21-16-9-7-15(20)8-10-16/h5-12H,4,13H2,1-3H3,(H,21,22). The van der Waals surface area contributed by atoms with E-state index in [2.05, 4.69) is 38.2 Å². The third-order valence-corrected chi connectivity index (χ3v) is 4.27. The molecular weight excluding hydrogens is 310 g/mol. The molecule has 2 aromatic rings. The Morgan fingerprint density at radius 2 is 1.70 bits per heavy atom. The number of benzene rings is 2. The highest BCUT2D eigenvalue weighted by Crippen LogP contribution is 2.28. The zero-order valence-corrected chi connectivity index (χ0v) is 14.5. The number of amides is 1. The predicted molar refractivity (Wildman–Crippen MR) is 95.3 cm³/mol. The quantitative estimate of drug-likeness (QED) is 0.804. The van der Waals surface area contributed by atoms with Gasteiger partial charge in [-0.25, -0.2) is 0 Å². The Bertz CT molecular complexity index is 648. The van der Waals surface area contributed by atoms with Crippen LogP contribution in [0.1, 0.15) is 32.8 Å². The van der Waals surface area contributed by atoms with Crippen molar-refractivity contribution in [2.24, 2.45) is 0 Å². The van der Waals surface area contributed by atoms with E-state index in [-0.39, 0.29) is 17.9 Å². The summed E-state index contributed by atoms with van der Waals surface area (Å²) in [5.74, 6) is 0.484. The summed E-state index contributed by atoms with van der Waals surface area (Å²) in [5.41, 5.74) is 2.10. The lowest BCUT2D eigenvalue weighted by Crippen LogP contribution is -2.20. The number of hydrogen-bond donors (Lipinski definition) is 1. The molecule has 0 fully saturated rings. The van der Waals surface area contributed by atoms with Crippen LogP contribution in [0.15, 0.2) is 48.5 Å². The Hall–Kier alpha value is -2.00. The van der Waals surface area contributed by atoms with E-state index in [1.165, 1.54) is 5.56 Å². The van der Waals surface area contributed by atoms with E-state index in [9.17, 15) is 4.79 Å². The molecule has 0 radical (unpaired) electrons. The maximum Gasteiger partial charge on any atom is 0.262 e. The summed E-state index contributed by atoms with van der Waals surface area (Å²) in [6.07, 6.45) is 1.07. The van der Waals surface area contributed by atoms with Crippen molar-refractivity contribution in [2.75, 3.05) is 11.9 Å². The molecule has 0 bridgehead atoms. The molecule has 0 saturated heterocycles. The minimum atomic E-state index is -0.203. The molecule has 3 nitrogen and oxygen atoms in total. The smallest absolute Gasteiger partial charge is 0.262 e. The molecule has 0 unspecified atom stereocenters. The summed E-state index contributed by atoms with van der Waals surface area (Å²) in [6.45, 7) is 6.56. The Morgan fingerprint density at radius 1 is 1.09 bits per heavy atom. The van der Waals surface area contributed by atoms with Crippen LogP contribution in [0.4, 0.5) is 5.69 Å². The molecule has 1 amide bonds. The predicted octanol–water partition coefficient (Wildman–Crippen LogP) is 5.05. The highest BCUT2D eigenvalue weighted by molar-refractivity contribution is 6.30. The van der Waals surface area contributed by atoms with Crippen LogP contribution in [0.2, 0.25) is 5.02 Å². The second kappa shape index (κ2) is 7.51. The Morgan fingerprint density at radius 3 is 2.26 bits per heavy atom. The summed E-state index contributed by atoms with van der Waals surface area (Å²) in [4.78, 5) is 11.9. The first-order valence-electron chi connectivity index (χ1n) is 7.69. The van der Waals surface area contributed by atoms with E-state index in [1.807, 2.05) is 12.1 Å². The van der Waals surface area contributed by atoms with E-state index in [1.54, 1.807) is 24.3 Å². The number of hydrogen-bond acceptors (Lipinski definition) is 2. The number of carbonyl (C=O) groups is 1. The molecule has 2 rings (SSSR count). The average molecular weight is 332 g/mol. The summed E-state index contributed by atoms with van der Waals surface area (Å²) < 4.78 is 5.53. The lowest BCUT2D eigenvalue weighted by molar-refractivity contribution is -0.118. The highest BCUT2D eigenvalue weighted by Gasteiger charge is 2.17. The van der Waals surface area contributed by atoms with E-state index in [0.29, 0.717) is 16.5 Å². The summed E-state index contributed by atoms with van der Waals surface area (Å²) >= 11 is 5.81. The van der Waals surface area contributed by atoms with Gasteiger partial charge >= 0.3 is 0 Å². The zero-order chi connectivity index (χ0) is 16.9. The summed E-state index contributed by atoms with van der Waals surface area (Å²) in [5, 5.41) is 3.40. The van der Waals surface area contributed by atoms with Gasteiger partial charge in [0.2, 0.25) is 0 Å². The molecule has 0 saturated carbocycles. The van der Waals surface area contributed by atoms with Crippen LogP contribution in [0.25, 0.3) is 0 Å². The third kappa shape index (κ3) is 5.00. The molecule has 122 valence electrons. The number of rotatable bonds is 6. The van der Waals surface area contributed by atoms with Crippen molar-refractivity contribution < 1.29 is 9.53 Å². The van der Waals surface area contributed by atoms with Crippen molar-refractivity contribution in [3.63, 3.8) is 0 Å². The van der Waals surface area contributed by atoms with Crippen LogP contribution in [-0.2, 0) is 10.2 Å². The fraction of sp³-hybridized carbons (Fsp3) is 0.316.